The van der Waals surface area contributed by atoms with Crippen molar-refractivity contribution in [2.45, 2.75) is 51.1 Å². The second-order valence-electron chi connectivity index (χ2n) is 7.73. The van der Waals surface area contributed by atoms with E-state index in [0.29, 0.717) is 37.4 Å². The third kappa shape index (κ3) is 4.05. The molecule has 4 aromatic rings. The van der Waals surface area contributed by atoms with Gasteiger partial charge in [0.2, 0.25) is 11.7 Å². The van der Waals surface area contributed by atoms with Gasteiger partial charge in [0.1, 0.15) is 0 Å². The van der Waals surface area contributed by atoms with Gasteiger partial charge < -0.3 is 5.32 Å². The number of fused-ring (bicyclic) bond motifs is 2. The maximum Gasteiger partial charge on any atom is 0.522 e. The minimum absolute atomic E-state index is 0.0105. The first-order chi connectivity index (χ1) is 14.9. The number of hydrogen-bond donors (Lipinski definition) is 1. The average Bonchev–Trinajstić information content (AvgIpc) is 3.31. The molecule has 0 radical (unpaired) electrons. The molecule has 0 bridgehead atoms. The Morgan fingerprint density at radius 2 is 1.84 bits per heavy atom. The maximum absolute atomic E-state index is 12.4. The highest BCUT2D eigenvalue weighted by molar-refractivity contribution is 5.79. The summed E-state index contributed by atoms with van der Waals surface area (Å²) in [5.41, 5.74) is 3.68. The normalized spacial score (nSPS) is 19.9. The predicted molar refractivity (Wildman–Crippen MR) is 107 cm³/mol. The number of halogens is 3. The second kappa shape index (κ2) is 7.49. The Hall–Kier alpha value is -3.21. The van der Waals surface area contributed by atoms with Gasteiger partial charge in [-0.3, -0.25) is 9.14 Å². The molecule has 0 unspecified atom stereocenters. The van der Waals surface area contributed by atoms with Crippen LogP contribution < -0.4 is 5.32 Å². The summed E-state index contributed by atoms with van der Waals surface area (Å²) in [5.74, 6) is 1.08. The zero-order valence-electron chi connectivity index (χ0n) is 16.7. The summed E-state index contributed by atoms with van der Waals surface area (Å²) in [5, 5.41) is 7.74. The van der Waals surface area contributed by atoms with Gasteiger partial charge in [0, 0.05) is 41.5 Å². The molecule has 8 nitrogen and oxygen atoms in total. The Balaban J connectivity index is 1.31. The summed E-state index contributed by atoms with van der Waals surface area (Å²) >= 11 is 0. The first-order valence-corrected chi connectivity index (χ1v) is 10.0. The monoisotopic (exact) mass is 431 g/mol. The van der Waals surface area contributed by atoms with Gasteiger partial charge in [0.25, 0.3) is 0 Å². The van der Waals surface area contributed by atoms with E-state index in [1.807, 2.05) is 29.8 Å². The lowest BCUT2D eigenvalue weighted by atomic mass is 9.93. The van der Waals surface area contributed by atoms with Gasteiger partial charge in [-0.2, -0.15) is 0 Å². The van der Waals surface area contributed by atoms with Crippen LogP contribution in [0.2, 0.25) is 0 Å². The Bertz CT molecular complexity index is 1220. The van der Waals surface area contributed by atoms with Crippen LogP contribution >= 0.6 is 0 Å². The fourth-order valence-electron chi connectivity index (χ4n) is 4.03. The lowest BCUT2D eigenvalue weighted by Gasteiger charge is -2.29. The highest BCUT2D eigenvalue weighted by Crippen LogP contribution is 2.29. The lowest BCUT2D eigenvalue weighted by molar-refractivity contribution is -0.345. The van der Waals surface area contributed by atoms with Gasteiger partial charge in [0.05, 0.1) is 24.0 Å². The summed E-state index contributed by atoms with van der Waals surface area (Å²) in [6.45, 7) is 1.97. The van der Waals surface area contributed by atoms with E-state index in [0.717, 1.165) is 22.3 Å². The molecule has 4 heterocycles. The zero-order chi connectivity index (χ0) is 21.6. The molecule has 11 heteroatoms. The SMILES string of the molecule is Cc1cnc2ncc(-c3ccn4nc(NC5CCC(OC(F)(F)F)CC5)ncc34)cn12. The largest absolute Gasteiger partial charge is 0.522 e. The van der Waals surface area contributed by atoms with Crippen molar-refractivity contribution in [1.82, 2.24) is 29.0 Å². The number of rotatable bonds is 4. The van der Waals surface area contributed by atoms with Gasteiger partial charge >= 0.3 is 6.36 Å². The molecule has 162 valence electrons. The third-order valence-electron chi connectivity index (χ3n) is 5.59. The standard InChI is InChI=1S/C20H20F3N7O/c1-12-8-25-19-26-9-13(11-29(12)19)16-6-7-30-17(16)10-24-18(28-30)27-14-2-4-15(5-3-14)31-20(21,22)23/h6-11,14-15H,2-5H2,1H3,(H,27,28). The first-order valence-electron chi connectivity index (χ1n) is 10.0. The van der Waals surface area contributed by atoms with Gasteiger partial charge in [0.15, 0.2) is 0 Å². The molecule has 31 heavy (non-hydrogen) atoms. The minimum Gasteiger partial charge on any atom is -0.350 e. The Morgan fingerprint density at radius 3 is 2.61 bits per heavy atom. The van der Waals surface area contributed by atoms with Crippen LogP contribution in [-0.2, 0) is 4.74 Å². The zero-order valence-corrected chi connectivity index (χ0v) is 16.7. The van der Waals surface area contributed by atoms with E-state index in [2.05, 4.69) is 30.1 Å². The van der Waals surface area contributed by atoms with E-state index >= 15 is 0 Å². The fraction of sp³-hybridized carbons (Fsp3) is 0.400. The highest BCUT2D eigenvalue weighted by atomic mass is 19.4. The van der Waals surface area contributed by atoms with E-state index in [-0.39, 0.29) is 6.04 Å². The molecule has 0 saturated heterocycles. The molecule has 1 aliphatic rings. The summed E-state index contributed by atoms with van der Waals surface area (Å²) in [7, 11) is 0. The summed E-state index contributed by atoms with van der Waals surface area (Å²) in [6, 6.07) is 1.96. The van der Waals surface area contributed by atoms with Crippen LogP contribution in [0.4, 0.5) is 19.1 Å². The molecule has 1 saturated carbocycles. The van der Waals surface area contributed by atoms with Crippen LogP contribution in [0.15, 0.2) is 37.1 Å². The van der Waals surface area contributed by atoms with Crippen LogP contribution in [-0.4, -0.2) is 47.5 Å². The molecule has 0 spiro atoms. The van der Waals surface area contributed by atoms with E-state index in [1.165, 1.54) is 0 Å². The van der Waals surface area contributed by atoms with E-state index < -0.39 is 12.5 Å². The molecule has 1 aliphatic carbocycles. The van der Waals surface area contributed by atoms with Crippen molar-refractivity contribution in [3.63, 3.8) is 0 Å². The molecule has 0 atom stereocenters. The lowest BCUT2D eigenvalue weighted by Crippen LogP contribution is -2.33. The van der Waals surface area contributed by atoms with Crippen molar-refractivity contribution in [3.05, 3.63) is 42.7 Å². The highest BCUT2D eigenvalue weighted by Gasteiger charge is 2.35. The number of imidazole rings is 1. The van der Waals surface area contributed by atoms with Crippen LogP contribution in [0.3, 0.4) is 0 Å². The molecular formula is C20H20F3N7O. The van der Waals surface area contributed by atoms with Gasteiger partial charge in [-0.1, -0.05) is 0 Å². The number of aromatic nitrogens is 6. The number of aryl methyl sites for hydroxylation is 1. The van der Waals surface area contributed by atoms with Gasteiger partial charge in [-0.25, -0.2) is 19.5 Å². The van der Waals surface area contributed by atoms with Crippen LogP contribution in [0.1, 0.15) is 31.4 Å². The van der Waals surface area contributed by atoms with Crippen molar-refractivity contribution < 1.29 is 17.9 Å². The molecule has 0 aliphatic heterocycles. The summed E-state index contributed by atoms with van der Waals surface area (Å²) in [4.78, 5) is 13.1. The van der Waals surface area contributed by atoms with Crippen molar-refractivity contribution in [1.29, 1.82) is 0 Å². The van der Waals surface area contributed by atoms with E-state index in [9.17, 15) is 13.2 Å². The number of alkyl halides is 3. The quantitative estimate of drug-likeness (QED) is 0.526. The minimum atomic E-state index is -4.58. The van der Waals surface area contributed by atoms with Crippen molar-refractivity contribution >= 4 is 17.2 Å². The third-order valence-corrected chi connectivity index (χ3v) is 5.59. The second-order valence-corrected chi connectivity index (χ2v) is 7.73. The average molecular weight is 431 g/mol. The van der Waals surface area contributed by atoms with Gasteiger partial charge in [-0.05, 0) is 38.7 Å². The first kappa shape index (κ1) is 19.7. The molecule has 0 amide bonds. The summed E-state index contributed by atoms with van der Waals surface area (Å²) < 4.78 is 44.9. The van der Waals surface area contributed by atoms with Crippen molar-refractivity contribution in [2.24, 2.45) is 0 Å². The number of hydrogen-bond acceptors (Lipinski definition) is 6. The van der Waals surface area contributed by atoms with Crippen LogP contribution in [0.5, 0.6) is 0 Å². The van der Waals surface area contributed by atoms with Gasteiger partial charge in [-0.15, -0.1) is 18.3 Å². The van der Waals surface area contributed by atoms with Crippen molar-refractivity contribution in [3.8, 4) is 11.1 Å². The predicted octanol–water partition coefficient (Wildman–Crippen LogP) is 4.01. The number of ether oxygens (including phenoxy) is 1. The Kier molecular flexibility index (Phi) is 4.77. The van der Waals surface area contributed by atoms with Crippen LogP contribution in [0.25, 0.3) is 22.4 Å². The topological polar surface area (TPSA) is 81.6 Å². The smallest absolute Gasteiger partial charge is 0.350 e. The summed E-state index contributed by atoms with van der Waals surface area (Å²) in [6.07, 6.45) is 5.55. The number of anilines is 1. The number of nitrogens with one attached hydrogen (secondary N) is 1. The Labute approximate surface area is 175 Å². The fourth-order valence-corrected chi connectivity index (χ4v) is 4.03. The Morgan fingerprint density at radius 1 is 1.06 bits per heavy atom. The maximum atomic E-state index is 12.4. The van der Waals surface area contributed by atoms with Crippen molar-refractivity contribution in [2.75, 3.05) is 5.32 Å². The molecule has 1 N–H and O–H groups in total. The van der Waals surface area contributed by atoms with Crippen LogP contribution in [0, 0.1) is 6.92 Å². The number of nitrogens with zero attached hydrogens (tertiary/aromatic N) is 6. The molecular weight excluding hydrogens is 411 g/mol. The van der Waals surface area contributed by atoms with E-state index in [4.69, 9.17) is 0 Å². The molecule has 4 aromatic heterocycles. The molecule has 1 fully saturated rings. The van der Waals surface area contributed by atoms with E-state index in [1.54, 1.807) is 23.1 Å². The molecule has 5 rings (SSSR count). The molecule has 0 aromatic carbocycles.